The SMILES string of the molecule is COc1ccc(CCn2nc(C(=O)O)c3c2CCN(C(=O)[C@H]2CNC(=O)C2)C3)cc1. The van der Waals surface area contributed by atoms with Crippen LogP contribution in [0.1, 0.15) is 33.7 Å². The predicted molar refractivity (Wildman–Crippen MR) is 106 cm³/mol. The van der Waals surface area contributed by atoms with Gasteiger partial charge in [0.25, 0.3) is 0 Å². The van der Waals surface area contributed by atoms with Crippen molar-refractivity contribution in [2.45, 2.75) is 32.4 Å². The minimum absolute atomic E-state index is 0.00199. The molecule has 1 fully saturated rings. The third-order valence-corrected chi connectivity index (χ3v) is 5.75. The molecule has 2 amide bonds. The Morgan fingerprint density at radius 3 is 2.70 bits per heavy atom. The fourth-order valence-electron chi connectivity index (χ4n) is 4.10. The van der Waals surface area contributed by atoms with Gasteiger partial charge in [-0.05, 0) is 24.1 Å². The number of aryl methyl sites for hydroxylation is 2. The number of aromatic nitrogens is 2. The molecule has 158 valence electrons. The number of ether oxygens (including phenoxy) is 1. The van der Waals surface area contributed by atoms with E-state index < -0.39 is 5.97 Å². The molecule has 2 N–H and O–H groups in total. The molecule has 0 saturated carbocycles. The number of carbonyl (C=O) groups is 3. The number of carboxylic acids is 1. The molecule has 0 aliphatic carbocycles. The normalized spacial score (nSPS) is 18.1. The Morgan fingerprint density at radius 1 is 1.30 bits per heavy atom. The first-order valence-corrected chi connectivity index (χ1v) is 9.96. The molecule has 1 atom stereocenters. The van der Waals surface area contributed by atoms with Crippen LogP contribution in [-0.4, -0.2) is 57.8 Å². The molecule has 0 radical (unpaired) electrons. The van der Waals surface area contributed by atoms with Crippen molar-refractivity contribution in [3.05, 3.63) is 46.8 Å². The summed E-state index contributed by atoms with van der Waals surface area (Å²) >= 11 is 0. The molecule has 0 unspecified atom stereocenters. The number of aromatic carboxylic acids is 1. The van der Waals surface area contributed by atoms with Gasteiger partial charge < -0.3 is 20.1 Å². The number of fused-ring (bicyclic) bond motifs is 1. The van der Waals surface area contributed by atoms with E-state index in [1.165, 1.54) is 0 Å². The molecule has 2 aliphatic heterocycles. The Kier molecular flexibility index (Phi) is 5.43. The van der Waals surface area contributed by atoms with Crippen LogP contribution in [0.4, 0.5) is 0 Å². The summed E-state index contributed by atoms with van der Waals surface area (Å²) < 4.78 is 6.93. The van der Waals surface area contributed by atoms with E-state index >= 15 is 0 Å². The number of benzene rings is 1. The highest BCUT2D eigenvalue weighted by Gasteiger charge is 2.35. The lowest BCUT2D eigenvalue weighted by Gasteiger charge is -2.29. The number of nitrogens with zero attached hydrogens (tertiary/aromatic N) is 3. The van der Waals surface area contributed by atoms with Crippen molar-refractivity contribution in [3.8, 4) is 5.75 Å². The second kappa shape index (κ2) is 8.17. The third kappa shape index (κ3) is 3.87. The van der Waals surface area contributed by atoms with Crippen LogP contribution >= 0.6 is 0 Å². The molecule has 9 nitrogen and oxygen atoms in total. The first kappa shape index (κ1) is 19.9. The highest BCUT2D eigenvalue weighted by atomic mass is 16.5. The summed E-state index contributed by atoms with van der Waals surface area (Å²) in [4.78, 5) is 37.6. The molecule has 9 heteroatoms. The molecule has 2 aliphatic rings. The van der Waals surface area contributed by atoms with E-state index in [0.29, 0.717) is 38.0 Å². The quantitative estimate of drug-likeness (QED) is 0.727. The average Bonchev–Trinajstić information content (AvgIpc) is 3.35. The van der Waals surface area contributed by atoms with Crippen molar-refractivity contribution in [1.82, 2.24) is 20.0 Å². The van der Waals surface area contributed by atoms with Crippen LogP contribution in [0.5, 0.6) is 5.75 Å². The molecule has 1 aromatic heterocycles. The van der Waals surface area contributed by atoms with Crippen molar-refractivity contribution in [1.29, 1.82) is 0 Å². The van der Waals surface area contributed by atoms with Gasteiger partial charge in [0.2, 0.25) is 11.8 Å². The van der Waals surface area contributed by atoms with Crippen molar-refractivity contribution in [2.75, 3.05) is 20.2 Å². The van der Waals surface area contributed by atoms with Crippen LogP contribution in [0.3, 0.4) is 0 Å². The average molecular weight is 412 g/mol. The van der Waals surface area contributed by atoms with Crippen LogP contribution < -0.4 is 10.1 Å². The maximum atomic E-state index is 12.8. The van der Waals surface area contributed by atoms with Gasteiger partial charge in [-0.25, -0.2) is 4.79 Å². The number of hydrogen-bond donors (Lipinski definition) is 2. The molecule has 0 bridgehead atoms. The molecule has 1 saturated heterocycles. The first-order chi connectivity index (χ1) is 14.5. The maximum Gasteiger partial charge on any atom is 0.356 e. The van der Waals surface area contributed by atoms with Gasteiger partial charge in [-0.2, -0.15) is 5.10 Å². The van der Waals surface area contributed by atoms with E-state index in [4.69, 9.17) is 4.74 Å². The monoisotopic (exact) mass is 412 g/mol. The van der Waals surface area contributed by atoms with Gasteiger partial charge in [-0.3, -0.25) is 14.3 Å². The zero-order valence-electron chi connectivity index (χ0n) is 16.8. The second-order valence-corrected chi connectivity index (χ2v) is 7.62. The van der Waals surface area contributed by atoms with E-state index in [1.54, 1.807) is 16.7 Å². The van der Waals surface area contributed by atoms with Gasteiger partial charge >= 0.3 is 5.97 Å². The lowest BCUT2D eigenvalue weighted by atomic mass is 10.0. The van der Waals surface area contributed by atoms with Crippen molar-refractivity contribution in [2.24, 2.45) is 5.92 Å². The van der Waals surface area contributed by atoms with Crippen LogP contribution in [0.15, 0.2) is 24.3 Å². The van der Waals surface area contributed by atoms with Gasteiger partial charge in [0.15, 0.2) is 5.69 Å². The Balaban J connectivity index is 1.50. The summed E-state index contributed by atoms with van der Waals surface area (Å²) in [5, 5.41) is 16.6. The number of amides is 2. The smallest absolute Gasteiger partial charge is 0.356 e. The van der Waals surface area contributed by atoms with Gasteiger partial charge in [0.05, 0.1) is 13.0 Å². The Bertz CT molecular complexity index is 982. The maximum absolute atomic E-state index is 12.8. The minimum atomic E-state index is -1.10. The fourth-order valence-corrected chi connectivity index (χ4v) is 4.10. The highest BCUT2D eigenvalue weighted by Crippen LogP contribution is 2.26. The third-order valence-electron chi connectivity index (χ3n) is 5.75. The molecular weight excluding hydrogens is 388 g/mol. The number of hydrogen-bond acceptors (Lipinski definition) is 5. The Morgan fingerprint density at radius 2 is 2.07 bits per heavy atom. The van der Waals surface area contributed by atoms with Crippen molar-refractivity contribution in [3.63, 3.8) is 0 Å². The molecule has 0 spiro atoms. The van der Waals surface area contributed by atoms with Gasteiger partial charge in [0, 0.05) is 50.3 Å². The van der Waals surface area contributed by atoms with Crippen molar-refractivity contribution >= 4 is 17.8 Å². The fraction of sp³-hybridized carbons (Fsp3) is 0.429. The summed E-state index contributed by atoms with van der Waals surface area (Å²) in [5.74, 6) is -0.920. The predicted octanol–water partition coefficient (Wildman–Crippen LogP) is 0.853. The van der Waals surface area contributed by atoms with E-state index in [1.807, 2.05) is 24.3 Å². The summed E-state index contributed by atoms with van der Waals surface area (Å²) in [6.07, 6.45) is 1.43. The molecular formula is C21H24N4O5. The van der Waals surface area contributed by atoms with Crippen molar-refractivity contribution < 1.29 is 24.2 Å². The van der Waals surface area contributed by atoms with Crippen LogP contribution in [-0.2, 0) is 35.5 Å². The van der Waals surface area contributed by atoms with Gasteiger partial charge in [-0.1, -0.05) is 12.1 Å². The van der Waals surface area contributed by atoms with E-state index in [-0.39, 0.29) is 36.4 Å². The molecule has 2 aromatic rings. The number of carboxylic acid groups (broad SMARTS) is 1. The topological polar surface area (TPSA) is 114 Å². The second-order valence-electron chi connectivity index (χ2n) is 7.62. The molecule has 1 aromatic carbocycles. The summed E-state index contributed by atoms with van der Waals surface area (Å²) in [7, 11) is 1.62. The van der Waals surface area contributed by atoms with Crippen LogP contribution in [0.2, 0.25) is 0 Å². The number of rotatable bonds is 6. The lowest BCUT2D eigenvalue weighted by Crippen LogP contribution is -2.41. The summed E-state index contributed by atoms with van der Waals surface area (Å²) in [6, 6.07) is 7.74. The zero-order valence-corrected chi connectivity index (χ0v) is 16.8. The van der Waals surface area contributed by atoms with E-state index in [2.05, 4.69) is 10.4 Å². The Labute approximate surface area is 173 Å². The highest BCUT2D eigenvalue weighted by molar-refractivity contribution is 5.90. The zero-order chi connectivity index (χ0) is 21.3. The molecule has 4 rings (SSSR count). The van der Waals surface area contributed by atoms with E-state index in [9.17, 15) is 19.5 Å². The molecule has 30 heavy (non-hydrogen) atoms. The van der Waals surface area contributed by atoms with Gasteiger partial charge in [0.1, 0.15) is 5.75 Å². The van der Waals surface area contributed by atoms with Crippen LogP contribution in [0.25, 0.3) is 0 Å². The Hall–Kier alpha value is -3.36. The number of carbonyl (C=O) groups excluding carboxylic acids is 2. The first-order valence-electron chi connectivity index (χ1n) is 9.96. The van der Waals surface area contributed by atoms with E-state index in [0.717, 1.165) is 17.0 Å². The molecule has 3 heterocycles. The largest absolute Gasteiger partial charge is 0.497 e. The standard InChI is InChI=1S/C21H24N4O5/c1-30-15-4-2-13(3-5-15)6-9-25-17-7-8-24(12-16(17)19(23-25)21(28)29)20(27)14-10-18(26)22-11-14/h2-5,14H,6-12H2,1H3,(H,22,26)(H,28,29)/t14-/m1/s1. The summed E-state index contributed by atoms with van der Waals surface area (Å²) in [5.41, 5.74) is 2.56. The number of nitrogens with one attached hydrogen (secondary N) is 1. The van der Waals surface area contributed by atoms with Crippen LogP contribution in [0, 0.1) is 5.92 Å². The number of methoxy groups -OCH3 is 1. The van der Waals surface area contributed by atoms with Gasteiger partial charge in [-0.15, -0.1) is 0 Å². The lowest BCUT2D eigenvalue weighted by molar-refractivity contribution is -0.136. The summed E-state index contributed by atoms with van der Waals surface area (Å²) in [6.45, 7) is 1.59. The minimum Gasteiger partial charge on any atom is -0.497 e.